The first-order valence-electron chi connectivity index (χ1n) is 5.31. The number of aromatic nitrogens is 3. The van der Waals surface area contributed by atoms with Crippen molar-refractivity contribution < 1.29 is 0 Å². The Hall–Kier alpha value is -1.62. The predicted molar refractivity (Wildman–Crippen MR) is 65.2 cm³/mol. The summed E-state index contributed by atoms with van der Waals surface area (Å²) in [5, 5.41) is 0. The van der Waals surface area contributed by atoms with Gasteiger partial charge in [0.25, 0.3) is 0 Å². The van der Waals surface area contributed by atoms with Gasteiger partial charge in [0.05, 0.1) is 11.7 Å². The molecule has 0 aromatic carbocycles. The summed E-state index contributed by atoms with van der Waals surface area (Å²) in [4.78, 5) is 10.5. The molecular formula is C11H17N5. The molecule has 0 radical (unpaired) electrons. The van der Waals surface area contributed by atoms with Gasteiger partial charge in [-0.1, -0.05) is 0 Å². The third kappa shape index (κ3) is 1.86. The lowest BCUT2D eigenvalue weighted by Crippen LogP contribution is -2.23. The number of hydrogen-bond donors (Lipinski definition) is 1. The summed E-state index contributed by atoms with van der Waals surface area (Å²) < 4.78 is 2.05. The third-order valence-corrected chi connectivity index (χ3v) is 2.59. The van der Waals surface area contributed by atoms with Gasteiger partial charge in [-0.2, -0.15) is 0 Å². The van der Waals surface area contributed by atoms with Gasteiger partial charge in [0, 0.05) is 18.8 Å². The molecule has 86 valence electrons. The summed E-state index contributed by atoms with van der Waals surface area (Å²) in [6, 6.07) is 2.24. The molecule has 2 heterocycles. The number of pyridine rings is 1. The van der Waals surface area contributed by atoms with Gasteiger partial charge in [0.2, 0.25) is 5.95 Å². The molecule has 1 atom stereocenters. The van der Waals surface area contributed by atoms with E-state index >= 15 is 0 Å². The number of anilines is 1. The molecule has 0 aliphatic heterocycles. The van der Waals surface area contributed by atoms with Crippen molar-refractivity contribution in [1.82, 2.24) is 19.4 Å². The zero-order chi connectivity index (χ0) is 11.7. The molecule has 0 spiro atoms. The summed E-state index contributed by atoms with van der Waals surface area (Å²) in [6.07, 6.45) is 3.51. The van der Waals surface area contributed by atoms with Crippen LogP contribution in [0.2, 0.25) is 0 Å². The van der Waals surface area contributed by atoms with Gasteiger partial charge in [0.15, 0.2) is 0 Å². The van der Waals surface area contributed by atoms with Crippen molar-refractivity contribution >= 4 is 17.0 Å². The maximum atomic E-state index is 5.94. The molecule has 5 heteroatoms. The fourth-order valence-corrected chi connectivity index (χ4v) is 2.04. The van der Waals surface area contributed by atoms with Gasteiger partial charge in [0.1, 0.15) is 5.52 Å². The van der Waals surface area contributed by atoms with E-state index in [2.05, 4.69) is 26.4 Å². The molecule has 2 N–H and O–H groups in total. The van der Waals surface area contributed by atoms with Crippen LogP contribution in [0.1, 0.15) is 13.0 Å². The number of imidazole rings is 1. The molecule has 0 amide bonds. The first kappa shape index (κ1) is 10.9. The molecule has 0 aliphatic carbocycles. The van der Waals surface area contributed by atoms with E-state index in [0.717, 1.165) is 17.6 Å². The Labute approximate surface area is 94.9 Å². The SMILES string of the molecule is CC(CN(C)C)n1c(N)nc2cnccc21. The molecule has 0 saturated heterocycles. The highest BCUT2D eigenvalue weighted by atomic mass is 15.2. The van der Waals surface area contributed by atoms with Crippen molar-refractivity contribution in [2.45, 2.75) is 13.0 Å². The van der Waals surface area contributed by atoms with E-state index in [-0.39, 0.29) is 0 Å². The Morgan fingerprint density at radius 1 is 1.50 bits per heavy atom. The topological polar surface area (TPSA) is 60.0 Å². The van der Waals surface area contributed by atoms with Crippen molar-refractivity contribution in [3.63, 3.8) is 0 Å². The van der Waals surface area contributed by atoms with E-state index in [0.29, 0.717) is 12.0 Å². The largest absolute Gasteiger partial charge is 0.369 e. The zero-order valence-electron chi connectivity index (χ0n) is 9.88. The minimum atomic E-state index is 0.294. The molecule has 2 rings (SSSR count). The maximum Gasteiger partial charge on any atom is 0.201 e. The van der Waals surface area contributed by atoms with Crippen LogP contribution in [0.5, 0.6) is 0 Å². The van der Waals surface area contributed by atoms with Gasteiger partial charge in [-0.05, 0) is 27.1 Å². The van der Waals surface area contributed by atoms with Crippen molar-refractivity contribution in [1.29, 1.82) is 0 Å². The van der Waals surface area contributed by atoms with Crippen molar-refractivity contribution in [2.24, 2.45) is 0 Å². The fourth-order valence-electron chi connectivity index (χ4n) is 2.04. The second-order valence-electron chi connectivity index (χ2n) is 4.32. The van der Waals surface area contributed by atoms with E-state index < -0.39 is 0 Å². The van der Waals surface area contributed by atoms with Crippen LogP contribution in [0.4, 0.5) is 5.95 Å². The number of fused-ring (bicyclic) bond motifs is 1. The van der Waals surface area contributed by atoms with Crippen LogP contribution in [0.15, 0.2) is 18.5 Å². The third-order valence-electron chi connectivity index (χ3n) is 2.59. The zero-order valence-corrected chi connectivity index (χ0v) is 9.88. The van der Waals surface area contributed by atoms with Gasteiger partial charge in [-0.15, -0.1) is 0 Å². The number of nitrogens with two attached hydrogens (primary N) is 1. The van der Waals surface area contributed by atoms with Gasteiger partial charge < -0.3 is 15.2 Å². The smallest absolute Gasteiger partial charge is 0.201 e. The highest BCUT2D eigenvalue weighted by Gasteiger charge is 2.14. The number of hydrogen-bond acceptors (Lipinski definition) is 4. The van der Waals surface area contributed by atoms with Crippen LogP contribution in [-0.2, 0) is 0 Å². The molecule has 1 unspecified atom stereocenters. The molecule has 0 saturated carbocycles. The molecule has 0 fully saturated rings. The lowest BCUT2D eigenvalue weighted by Gasteiger charge is -2.19. The summed E-state index contributed by atoms with van der Waals surface area (Å²) >= 11 is 0. The van der Waals surface area contributed by atoms with E-state index in [1.165, 1.54) is 0 Å². The molecule has 5 nitrogen and oxygen atoms in total. The Bertz CT molecular complexity index is 488. The van der Waals surface area contributed by atoms with Crippen molar-refractivity contribution in [2.75, 3.05) is 26.4 Å². The van der Waals surface area contributed by atoms with Crippen LogP contribution in [0.3, 0.4) is 0 Å². The predicted octanol–water partition coefficient (Wildman–Crippen LogP) is 1.14. The molecular weight excluding hydrogens is 202 g/mol. The molecule has 2 aromatic rings. The molecule has 0 aliphatic rings. The molecule has 2 aromatic heterocycles. The van der Waals surface area contributed by atoms with E-state index in [4.69, 9.17) is 5.73 Å². The Morgan fingerprint density at radius 3 is 2.94 bits per heavy atom. The minimum Gasteiger partial charge on any atom is -0.369 e. The first-order valence-corrected chi connectivity index (χ1v) is 5.31. The number of rotatable bonds is 3. The van der Waals surface area contributed by atoms with Gasteiger partial charge in [-0.25, -0.2) is 4.98 Å². The second kappa shape index (κ2) is 4.09. The number of nitrogen functional groups attached to an aromatic ring is 1. The Kier molecular flexibility index (Phi) is 2.78. The standard InChI is InChI=1S/C11H17N5/c1-8(7-15(2)3)16-10-4-5-13-6-9(10)14-11(16)12/h4-6,8H,7H2,1-3H3,(H2,12,14). The Morgan fingerprint density at radius 2 is 2.25 bits per heavy atom. The van der Waals surface area contributed by atoms with E-state index in [9.17, 15) is 0 Å². The number of likely N-dealkylation sites (N-methyl/N-ethyl adjacent to an activating group) is 1. The molecule has 0 bridgehead atoms. The summed E-state index contributed by atoms with van der Waals surface area (Å²) in [5.74, 6) is 0.553. The van der Waals surface area contributed by atoms with Crippen LogP contribution >= 0.6 is 0 Å². The van der Waals surface area contributed by atoms with Gasteiger partial charge >= 0.3 is 0 Å². The normalized spacial score (nSPS) is 13.5. The van der Waals surface area contributed by atoms with Crippen molar-refractivity contribution in [3.8, 4) is 0 Å². The van der Waals surface area contributed by atoms with E-state index in [1.54, 1.807) is 12.4 Å². The fraction of sp³-hybridized carbons (Fsp3) is 0.455. The highest BCUT2D eigenvalue weighted by molar-refractivity contribution is 5.77. The van der Waals surface area contributed by atoms with E-state index in [1.807, 2.05) is 20.2 Å². The van der Waals surface area contributed by atoms with Crippen molar-refractivity contribution in [3.05, 3.63) is 18.5 Å². The first-order chi connectivity index (χ1) is 7.59. The summed E-state index contributed by atoms with van der Waals surface area (Å²) in [7, 11) is 4.10. The summed E-state index contributed by atoms with van der Waals surface area (Å²) in [5.41, 5.74) is 7.83. The van der Waals surface area contributed by atoms with Gasteiger partial charge in [-0.3, -0.25) is 4.98 Å². The lowest BCUT2D eigenvalue weighted by atomic mass is 10.3. The van der Waals surface area contributed by atoms with Crippen LogP contribution in [-0.4, -0.2) is 40.1 Å². The average Bonchev–Trinajstić information content (AvgIpc) is 2.52. The second-order valence-corrected chi connectivity index (χ2v) is 4.32. The highest BCUT2D eigenvalue weighted by Crippen LogP contribution is 2.21. The Balaban J connectivity index is 2.46. The van der Waals surface area contributed by atoms with Crippen LogP contribution in [0, 0.1) is 0 Å². The quantitative estimate of drug-likeness (QED) is 0.840. The summed E-state index contributed by atoms with van der Waals surface area (Å²) in [6.45, 7) is 3.07. The maximum absolute atomic E-state index is 5.94. The van der Waals surface area contributed by atoms with Crippen LogP contribution in [0.25, 0.3) is 11.0 Å². The number of nitrogens with zero attached hydrogens (tertiary/aromatic N) is 4. The lowest BCUT2D eigenvalue weighted by molar-refractivity contribution is 0.342. The van der Waals surface area contributed by atoms with Crippen LogP contribution < -0.4 is 5.73 Å². The monoisotopic (exact) mass is 219 g/mol. The molecule has 16 heavy (non-hydrogen) atoms. The minimum absolute atomic E-state index is 0.294. The average molecular weight is 219 g/mol.